The number of hydrogen-bond donors (Lipinski definition) is 1. The summed E-state index contributed by atoms with van der Waals surface area (Å²) in [5.41, 5.74) is 8.97. The first-order valence-corrected chi connectivity index (χ1v) is 7.55. The predicted octanol–water partition coefficient (Wildman–Crippen LogP) is 2.12. The molecule has 5 nitrogen and oxygen atoms in total. The zero-order chi connectivity index (χ0) is 15.1. The van der Waals surface area contributed by atoms with Crippen molar-refractivity contribution in [3.05, 3.63) is 41.2 Å². The van der Waals surface area contributed by atoms with E-state index < -0.39 is 0 Å². The summed E-state index contributed by atoms with van der Waals surface area (Å²) in [4.78, 5) is 0. The summed E-state index contributed by atoms with van der Waals surface area (Å²) in [7, 11) is 0. The lowest BCUT2D eigenvalue weighted by Gasteiger charge is -2.07. The molecule has 0 amide bonds. The van der Waals surface area contributed by atoms with Crippen molar-refractivity contribution in [1.29, 1.82) is 0 Å². The molecule has 1 aromatic heterocycles. The summed E-state index contributed by atoms with van der Waals surface area (Å²) in [5.74, 6) is 0.923. The number of benzene rings is 1. The van der Waals surface area contributed by atoms with Crippen LogP contribution in [0.1, 0.15) is 30.3 Å². The minimum absolute atomic E-state index is 0.608. The van der Waals surface area contributed by atoms with Gasteiger partial charge < -0.3 is 10.5 Å². The molecule has 0 bridgehead atoms. The summed E-state index contributed by atoms with van der Waals surface area (Å²) >= 11 is 0. The maximum Gasteiger partial charge on any atom is 0.119 e. The molecule has 0 radical (unpaired) electrons. The standard InChI is InChI=1S/C16H24N4O/c1-3-14-5-7-15(8-6-14)21-12-4-11-20-13(2)16(9-10-17)18-19-20/h5-8H,3-4,9-12,17H2,1-2H3. The number of hydrogen-bond acceptors (Lipinski definition) is 4. The Labute approximate surface area is 126 Å². The topological polar surface area (TPSA) is 66.0 Å². The average molecular weight is 288 g/mol. The highest BCUT2D eigenvalue weighted by molar-refractivity contribution is 5.27. The van der Waals surface area contributed by atoms with Gasteiger partial charge in [0.2, 0.25) is 0 Å². The third-order valence-corrected chi connectivity index (χ3v) is 3.57. The van der Waals surface area contributed by atoms with Crippen molar-refractivity contribution in [1.82, 2.24) is 15.0 Å². The number of nitrogens with zero attached hydrogens (tertiary/aromatic N) is 3. The van der Waals surface area contributed by atoms with Crippen LogP contribution in [0, 0.1) is 6.92 Å². The molecular weight excluding hydrogens is 264 g/mol. The Bertz CT molecular complexity index is 548. The summed E-state index contributed by atoms with van der Waals surface area (Å²) in [6.07, 6.45) is 2.74. The summed E-state index contributed by atoms with van der Waals surface area (Å²) in [5, 5.41) is 8.31. The van der Waals surface area contributed by atoms with Crippen LogP contribution in [0.4, 0.5) is 0 Å². The largest absolute Gasteiger partial charge is 0.494 e. The van der Waals surface area contributed by atoms with E-state index in [2.05, 4.69) is 29.4 Å². The fourth-order valence-corrected chi connectivity index (χ4v) is 2.20. The Balaban J connectivity index is 1.76. The van der Waals surface area contributed by atoms with Crippen molar-refractivity contribution >= 4 is 0 Å². The van der Waals surface area contributed by atoms with E-state index in [1.165, 1.54) is 5.56 Å². The molecule has 0 atom stereocenters. The summed E-state index contributed by atoms with van der Waals surface area (Å²) in [6, 6.07) is 8.27. The van der Waals surface area contributed by atoms with Crippen LogP contribution >= 0.6 is 0 Å². The number of nitrogens with two attached hydrogens (primary N) is 1. The monoisotopic (exact) mass is 288 g/mol. The second-order valence-corrected chi connectivity index (χ2v) is 5.08. The third-order valence-electron chi connectivity index (χ3n) is 3.57. The van der Waals surface area contributed by atoms with Gasteiger partial charge in [0.25, 0.3) is 0 Å². The molecule has 0 aliphatic carbocycles. The zero-order valence-electron chi connectivity index (χ0n) is 12.9. The number of ether oxygens (including phenoxy) is 1. The first-order valence-electron chi connectivity index (χ1n) is 7.55. The highest BCUT2D eigenvalue weighted by Crippen LogP contribution is 2.13. The molecule has 0 unspecified atom stereocenters. The molecule has 2 N–H and O–H groups in total. The molecule has 1 aromatic carbocycles. The fourth-order valence-electron chi connectivity index (χ4n) is 2.20. The molecule has 114 valence electrons. The predicted molar refractivity (Wildman–Crippen MR) is 83.4 cm³/mol. The molecule has 0 saturated carbocycles. The Hall–Kier alpha value is -1.88. The van der Waals surface area contributed by atoms with Crippen LogP contribution in [0.2, 0.25) is 0 Å². The Morgan fingerprint density at radius 2 is 2.00 bits per heavy atom. The highest BCUT2D eigenvalue weighted by Gasteiger charge is 2.07. The summed E-state index contributed by atoms with van der Waals surface area (Å²) in [6.45, 7) is 6.29. The fraction of sp³-hybridized carbons (Fsp3) is 0.500. The quantitative estimate of drug-likeness (QED) is 0.756. The van der Waals surface area contributed by atoms with Crippen molar-refractivity contribution in [2.24, 2.45) is 5.73 Å². The van der Waals surface area contributed by atoms with Crippen molar-refractivity contribution in [3.63, 3.8) is 0 Å². The molecule has 2 rings (SSSR count). The van der Waals surface area contributed by atoms with Gasteiger partial charge in [0.15, 0.2) is 0 Å². The maximum absolute atomic E-state index is 5.74. The van der Waals surface area contributed by atoms with Gasteiger partial charge in [0.05, 0.1) is 18.0 Å². The van der Waals surface area contributed by atoms with Gasteiger partial charge in [0.1, 0.15) is 5.75 Å². The third kappa shape index (κ3) is 4.29. The maximum atomic E-state index is 5.74. The first-order chi connectivity index (χ1) is 10.2. The van der Waals surface area contributed by atoms with Crippen LogP contribution in [-0.4, -0.2) is 28.1 Å². The van der Waals surface area contributed by atoms with E-state index in [4.69, 9.17) is 10.5 Å². The Kier molecular flexibility index (Phi) is 5.75. The second-order valence-electron chi connectivity index (χ2n) is 5.08. The van der Waals surface area contributed by atoms with E-state index in [0.717, 1.165) is 42.9 Å². The molecule has 1 heterocycles. The van der Waals surface area contributed by atoms with Crippen LogP contribution in [0.5, 0.6) is 5.75 Å². The van der Waals surface area contributed by atoms with Crippen molar-refractivity contribution in [2.45, 2.75) is 39.7 Å². The van der Waals surface area contributed by atoms with E-state index in [1.54, 1.807) is 0 Å². The summed E-state index contributed by atoms with van der Waals surface area (Å²) < 4.78 is 7.67. The van der Waals surface area contributed by atoms with Gasteiger partial charge in [-0.15, -0.1) is 5.10 Å². The van der Waals surface area contributed by atoms with Crippen LogP contribution in [-0.2, 0) is 19.4 Å². The molecule has 0 saturated heterocycles. The normalized spacial score (nSPS) is 10.8. The first kappa shape index (κ1) is 15.5. The van der Waals surface area contributed by atoms with Gasteiger partial charge in [-0.3, -0.25) is 0 Å². The molecule has 0 spiro atoms. The van der Waals surface area contributed by atoms with Gasteiger partial charge >= 0.3 is 0 Å². The van der Waals surface area contributed by atoms with Crippen LogP contribution in [0.3, 0.4) is 0 Å². The van der Waals surface area contributed by atoms with E-state index in [9.17, 15) is 0 Å². The van der Waals surface area contributed by atoms with E-state index >= 15 is 0 Å². The lowest BCUT2D eigenvalue weighted by atomic mass is 10.2. The van der Waals surface area contributed by atoms with Gasteiger partial charge in [-0.05, 0) is 37.6 Å². The second kappa shape index (κ2) is 7.78. The van der Waals surface area contributed by atoms with Gasteiger partial charge in [-0.2, -0.15) is 0 Å². The van der Waals surface area contributed by atoms with Crippen molar-refractivity contribution in [2.75, 3.05) is 13.2 Å². The van der Waals surface area contributed by atoms with Gasteiger partial charge in [0, 0.05) is 19.4 Å². The number of aryl methyl sites for hydroxylation is 2. The van der Waals surface area contributed by atoms with E-state index in [-0.39, 0.29) is 0 Å². The van der Waals surface area contributed by atoms with Gasteiger partial charge in [-0.1, -0.05) is 24.3 Å². The lowest BCUT2D eigenvalue weighted by Crippen LogP contribution is -2.08. The number of aromatic nitrogens is 3. The molecule has 2 aromatic rings. The average Bonchev–Trinajstić information content (AvgIpc) is 2.86. The molecule has 0 aliphatic rings. The Morgan fingerprint density at radius 3 is 2.67 bits per heavy atom. The van der Waals surface area contributed by atoms with Crippen LogP contribution < -0.4 is 10.5 Å². The number of rotatable bonds is 8. The molecule has 21 heavy (non-hydrogen) atoms. The van der Waals surface area contributed by atoms with Crippen molar-refractivity contribution in [3.8, 4) is 5.75 Å². The van der Waals surface area contributed by atoms with Crippen LogP contribution in [0.25, 0.3) is 0 Å². The molecule has 0 fully saturated rings. The minimum atomic E-state index is 0.608. The molecule has 5 heteroatoms. The van der Waals surface area contributed by atoms with Crippen molar-refractivity contribution < 1.29 is 4.74 Å². The lowest BCUT2D eigenvalue weighted by molar-refractivity contribution is 0.297. The molecule has 0 aliphatic heterocycles. The smallest absolute Gasteiger partial charge is 0.119 e. The minimum Gasteiger partial charge on any atom is -0.494 e. The highest BCUT2D eigenvalue weighted by atomic mass is 16.5. The van der Waals surface area contributed by atoms with E-state index in [1.807, 2.05) is 23.7 Å². The van der Waals surface area contributed by atoms with Crippen LogP contribution in [0.15, 0.2) is 24.3 Å². The van der Waals surface area contributed by atoms with E-state index in [0.29, 0.717) is 13.2 Å². The Morgan fingerprint density at radius 1 is 1.24 bits per heavy atom. The molecular formula is C16H24N4O. The van der Waals surface area contributed by atoms with Gasteiger partial charge in [-0.25, -0.2) is 4.68 Å². The zero-order valence-corrected chi connectivity index (χ0v) is 12.9. The SMILES string of the molecule is CCc1ccc(OCCCn2nnc(CCN)c2C)cc1.